The minimum atomic E-state index is -3.69. The Kier molecular flexibility index (Phi) is 7.36. The van der Waals surface area contributed by atoms with E-state index in [-0.39, 0.29) is 12.5 Å². The number of carbonyl (C=O) groups excluding carboxylic acids is 1. The maximum atomic E-state index is 13.3. The summed E-state index contributed by atoms with van der Waals surface area (Å²) in [5.74, 6) is -0.296. The molecule has 31 heavy (non-hydrogen) atoms. The first kappa shape index (κ1) is 22.8. The normalized spacial score (nSPS) is 11.2. The Morgan fingerprint density at radius 2 is 1.39 bits per heavy atom. The van der Waals surface area contributed by atoms with Gasteiger partial charge in [0.1, 0.15) is 6.54 Å². The SMILES string of the molecule is Cc1ccc(N(CC(=O)N(Cc2ccccc2)Cc2ccccc2)S(C)(=O)=O)cc1Cl. The molecule has 0 saturated carbocycles. The molecule has 0 aliphatic heterocycles. The van der Waals surface area contributed by atoms with Crippen LogP contribution in [0.5, 0.6) is 0 Å². The largest absolute Gasteiger partial charge is 0.332 e. The van der Waals surface area contributed by atoms with Gasteiger partial charge in [0.15, 0.2) is 0 Å². The van der Waals surface area contributed by atoms with E-state index in [4.69, 9.17) is 11.6 Å². The van der Waals surface area contributed by atoms with Crippen molar-refractivity contribution < 1.29 is 13.2 Å². The Morgan fingerprint density at radius 1 is 0.871 bits per heavy atom. The summed E-state index contributed by atoms with van der Waals surface area (Å²) in [6, 6.07) is 24.2. The number of carbonyl (C=O) groups is 1. The summed E-state index contributed by atoms with van der Waals surface area (Å²) in [5, 5.41) is 0.448. The zero-order valence-electron chi connectivity index (χ0n) is 17.5. The molecule has 0 fully saturated rings. The molecule has 5 nitrogen and oxygen atoms in total. The van der Waals surface area contributed by atoms with Crippen molar-refractivity contribution in [3.63, 3.8) is 0 Å². The Morgan fingerprint density at radius 3 is 1.84 bits per heavy atom. The van der Waals surface area contributed by atoms with Crippen molar-refractivity contribution >= 4 is 33.2 Å². The number of halogens is 1. The minimum absolute atomic E-state index is 0.296. The fourth-order valence-electron chi connectivity index (χ4n) is 3.20. The predicted octanol–water partition coefficient (Wildman–Crippen LogP) is 4.64. The molecule has 0 atom stereocenters. The number of amides is 1. The highest BCUT2D eigenvalue weighted by molar-refractivity contribution is 7.92. The monoisotopic (exact) mass is 456 g/mol. The van der Waals surface area contributed by atoms with Crippen molar-refractivity contribution in [3.05, 3.63) is 101 Å². The maximum absolute atomic E-state index is 13.3. The fourth-order valence-corrected chi connectivity index (χ4v) is 4.22. The Balaban J connectivity index is 1.89. The quantitative estimate of drug-likeness (QED) is 0.496. The van der Waals surface area contributed by atoms with Crippen LogP contribution >= 0.6 is 11.6 Å². The second-order valence-electron chi connectivity index (χ2n) is 7.42. The predicted molar refractivity (Wildman–Crippen MR) is 126 cm³/mol. The van der Waals surface area contributed by atoms with Crippen molar-refractivity contribution in [2.24, 2.45) is 0 Å². The third-order valence-electron chi connectivity index (χ3n) is 4.91. The second-order valence-corrected chi connectivity index (χ2v) is 9.74. The summed E-state index contributed by atoms with van der Waals surface area (Å²) in [6.45, 7) is 2.28. The van der Waals surface area contributed by atoms with E-state index in [9.17, 15) is 13.2 Å². The molecule has 0 unspecified atom stereocenters. The lowest BCUT2D eigenvalue weighted by Crippen LogP contribution is -2.42. The van der Waals surface area contributed by atoms with E-state index in [0.717, 1.165) is 27.3 Å². The van der Waals surface area contributed by atoms with Gasteiger partial charge in [-0.15, -0.1) is 0 Å². The maximum Gasteiger partial charge on any atom is 0.243 e. The molecule has 1 amide bonds. The highest BCUT2D eigenvalue weighted by Gasteiger charge is 2.25. The van der Waals surface area contributed by atoms with E-state index in [2.05, 4.69) is 0 Å². The van der Waals surface area contributed by atoms with Gasteiger partial charge >= 0.3 is 0 Å². The van der Waals surface area contributed by atoms with E-state index < -0.39 is 10.0 Å². The molecule has 0 heterocycles. The number of anilines is 1. The molecule has 0 aliphatic rings. The molecule has 0 radical (unpaired) electrons. The number of benzene rings is 3. The van der Waals surface area contributed by atoms with Gasteiger partial charge in [0.05, 0.1) is 11.9 Å². The topological polar surface area (TPSA) is 57.7 Å². The van der Waals surface area contributed by atoms with Crippen molar-refractivity contribution in [2.75, 3.05) is 17.1 Å². The van der Waals surface area contributed by atoms with E-state index in [1.807, 2.05) is 67.6 Å². The molecule has 162 valence electrons. The fraction of sp³-hybridized carbons (Fsp3) is 0.208. The minimum Gasteiger partial charge on any atom is -0.332 e. The van der Waals surface area contributed by atoms with Crippen LogP contribution in [0.15, 0.2) is 78.9 Å². The number of rotatable bonds is 8. The van der Waals surface area contributed by atoms with E-state index in [1.165, 1.54) is 0 Å². The van der Waals surface area contributed by atoms with E-state index >= 15 is 0 Å². The van der Waals surface area contributed by atoms with Gasteiger partial charge in [-0.2, -0.15) is 0 Å². The smallest absolute Gasteiger partial charge is 0.243 e. The molecule has 3 rings (SSSR count). The van der Waals surface area contributed by atoms with Crippen LogP contribution < -0.4 is 4.31 Å². The molecule has 0 N–H and O–H groups in total. The van der Waals surface area contributed by atoms with Gasteiger partial charge in [-0.3, -0.25) is 9.10 Å². The average Bonchev–Trinajstić information content (AvgIpc) is 2.74. The molecular formula is C24H25ClN2O3S. The third kappa shape index (κ3) is 6.32. The van der Waals surface area contributed by atoms with Gasteiger partial charge in [0, 0.05) is 18.1 Å². The molecule has 0 spiro atoms. The Bertz CT molecular complexity index is 1090. The van der Waals surface area contributed by atoms with Crippen molar-refractivity contribution in [2.45, 2.75) is 20.0 Å². The van der Waals surface area contributed by atoms with Crippen LogP contribution in [0.25, 0.3) is 0 Å². The first-order valence-electron chi connectivity index (χ1n) is 9.83. The lowest BCUT2D eigenvalue weighted by Gasteiger charge is -2.28. The zero-order chi connectivity index (χ0) is 22.4. The number of hydrogen-bond acceptors (Lipinski definition) is 3. The highest BCUT2D eigenvalue weighted by Crippen LogP contribution is 2.25. The van der Waals surface area contributed by atoms with Gasteiger partial charge in [-0.1, -0.05) is 78.3 Å². The molecule has 0 bridgehead atoms. The van der Waals surface area contributed by atoms with E-state index in [0.29, 0.717) is 23.8 Å². The average molecular weight is 457 g/mol. The van der Waals surface area contributed by atoms with Gasteiger partial charge in [0.2, 0.25) is 15.9 Å². The summed E-state index contributed by atoms with van der Waals surface area (Å²) in [4.78, 5) is 15.0. The summed E-state index contributed by atoms with van der Waals surface area (Å²) in [7, 11) is -3.69. The van der Waals surface area contributed by atoms with Crippen LogP contribution in [-0.2, 0) is 27.9 Å². The van der Waals surface area contributed by atoms with Crippen molar-refractivity contribution in [3.8, 4) is 0 Å². The number of aryl methyl sites for hydroxylation is 1. The highest BCUT2D eigenvalue weighted by atomic mass is 35.5. The zero-order valence-corrected chi connectivity index (χ0v) is 19.1. The molecule has 7 heteroatoms. The first-order chi connectivity index (χ1) is 14.7. The van der Waals surface area contributed by atoms with Gasteiger partial charge in [0.25, 0.3) is 0 Å². The third-order valence-corrected chi connectivity index (χ3v) is 6.46. The van der Waals surface area contributed by atoms with Crippen molar-refractivity contribution in [1.82, 2.24) is 4.90 Å². The summed E-state index contributed by atoms with van der Waals surface area (Å²) in [6.07, 6.45) is 1.09. The molecular weight excluding hydrogens is 432 g/mol. The van der Waals surface area contributed by atoms with Crippen LogP contribution in [0.3, 0.4) is 0 Å². The van der Waals surface area contributed by atoms with Gasteiger partial charge in [-0.05, 0) is 35.7 Å². The second kappa shape index (κ2) is 9.98. The molecule has 0 aromatic heterocycles. The van der Waals surface area contributed by atoms with Crippen LogP contribution in [-0.4, -0.2) is 32.0 Å². The summed E-state index contributed by atoms with van der Waals surface area (Å²) >= 11 is 6.20. The van der Waals surface area contributed by atoms with E-state index in [1.54, 1.807) is 23.1 Å². The number of sulfonamides is 1. The molecule has 3 aromatic rings. The standard InChI is InChI=1S/C24H25ClN2O3S/c1-19-13-14-22(15-23(19)25)27(31(2,29)30)18-24(28)26(16-20-9-5-3-6-10-20)17-21-11-7-4-8-12-21/h3-15H,16-18H2,1-2H3. The molecule has 0 aliphatic carbocycles. The molecule has 0 saturated heterocycles. The molecule has 3 aromatic carbocycles. The summed E-state index contributed by atoms with van der Waals surface area (Å²) in [5.41, 5.74) is 3.14. The van der Waals surface area contributed by atoms with Crippen LogP contribution in [0.1, 0.15) is 16.7 Å². The van der Waals surface area contributed by atoms with Crippen molar-refractivity contribution in [1.29, 1.82) is 0 Å². The Hall–Kier alpha value is -2.83. The number of hydrogen-bond donors (Lipinski definition) is 0. The van der Waals surface area contributed by atoms with Crippen LogP contribution in [0.2, 0.25) is 5.02 Å². The Labute approximate surface area is 188 Å². The van der Waals surface area contributed by atoms with Crippen LogP contribution in [0.4, 0.5) is 5.69 Å². The number of nitrogens with zero attached hydrogens (tertiary/aromatic N) is 2. The van der Waals surface area contributed by atoms with Gasteiger partial charge < -0.3 is 4.90 Å². The van der Waals surface area contributed by atoms with Gasteiger partial charge in [-0.25, -0.2) is 8.42 Å². The lowest BCUT2D eigenvalue weighted by molar-refractivity contribution is -0.130. The first-order valence-corrected chi connectivity index (χ1v) is 12.1. The lowest BCUT2D eigenvalue weighted by atomic mass is 10.1. The summed E-state index contributed by atoms with van der Waals surface area (Å²) < 4.78 is 26.1. The van der Waals surface area contributed by atoms with Crippen LogP contribution in [0, 0.1) is 6.92 Å².